The van der Waals surface area contributed by atoms with Crippen molar-refractivity contribution in [2.24, 2.45) is 0 Å². The molecule has 84 valence electrons. The quantitative estimate of drug-likeness (QED) is 0.809. The SMILES string of the molecule is CCCNS(=O)(=O)Nc1cnc(Cl)cn1. The smallest absolute Gasteiger partial charge is 0.253 e. The van der Waals surface area contributed by atoms with Crippen LogP contribution in [0.3, 0.4) is 0 Å². The summed E-state index contributed by atoms with van der Waals surface area (Å²) in [6.45, 7) is 2.24. The van der Waals surface area contributed by atoms with E-state index in [0.29, 0.717) is 13.0 Å². The summed E-state index contributed by atoms with van der Waals surface area (Å²) in [4.78, 5) is 7.44. The topological polar surface area (TPSA) is 84.0 Å². The van der Waals surface area contributed by atoms with Gasteiger partial charge in [-0.15, -0.1) is 0 Å². The molecule has 0 bridgehead atoms. The van der Waals surface area contributed by atoms with Crippen LogP contribution in [-0.4, -0.2) is 24.9 Å². The van der Waals surface area contributed by atoms with E-state index in [1.165, 1.54) is 12.4 Å². The Morgan fingerprint density at radius 1 is 1.40 bits per heavy atom. The summed E-state index contributed by atoms with van der Waals surface area (Å²) >= 11 is 5.50. The van der Waals surface area contributed by atoms with Crippen molar-refractivity contribution in [1.29, 1.82) is 0 Å². The Balaban J connectivity index is 2.65. The molecule has 1 aromatic rings. The van der Waals surface area contributed by atoms with Gasteiger partial charge in [0.25, 0.3) is 10.2 Å². The van der Waals surface area contributed by atoms with Crippen LogP contribution in [0.2, 0.25) is 5.15 Å². The summed E-state index contributed by atoms with van der Waals surface area (Å²) in [5.74, 6) is 0.128. The van der Waals surface area contributed by atoms with Crippen LogP contribution in [0.15, 0.2) is 12.4 Å². The molecular weight excluding hydrogens is 240 g/mol. The van der Waals surface area contributed by atoms with E-state index in [0.717, 1.165) is 0 Å². The van der Waals surface area contributed by atoms with E-state index < -0.39 is 10.2 Å². The largest absolute Gasteiger partial charge is 0.300 e. The van der Waals surface area contributed by atoms with E-state index in [4.69, 9.17) is 11.6 Å². The standard InChI is InChI=1S/C7H11ClN4O2S/c1-2-3-11-15(13,14)12-7-5-9-6(8)4-10-7/h4-5,11H,2-3H2,1H3,(H,10,12). The number of nitrogens with zero attached hydrogens (tertiary/aromatic N) is 2. The van der Waals surface area contributed by atoms with Crippen molar-refractivity contribution < 1.29 is 8.42 Å². The van der Waals surface area contributed by atoms with Gasteiger partial charge in [-0.3, -0.25) is 4.72 Å². The zero-order valence-electron chi connectivity index (χ0n) is 8.07. The summed E-state index contributed by atoms with van der Waals surface area (Å²) in [6.07, 6.45) is 3.22. The van der Waals surface area contributed by atoms with Crippen molar-refractivity contribution in [3.05, 3.63) is 17.5 Å². The highest BCUT2D eigenvalue weighted by atomic mass is 35.5. The Hall–Kier alpha value is -0.920. The van der Waals surface area contributed by atoms with Gasteiger partial charge in [0.15, 0.2) is 5.82 Å². The van der Waals surface area contributed by atoms with Gasteiger partial charge in [0.2, 0.25) is 0 Å². The van der Waals surface area contributed by atoms with Gasteiger partial charge in [-0.1, -0.05) is 18.5 Å². The number of hydrogen-bond donors (Lipinski definition) is 2. The maximum Gasteiger partial charge on any atom is 0.300 e. The monoisotopic (exact) mass is 250 g/mol. The second kappa shape index (κ2) is 5.24. The minimum atomic E-state index is -3.56. The molecule has 1 aromatic heterocycles. The van der Waals surface area contributed by atoms with E-state index >= 15 is 0 Å². The average molecular weight is 251 g/mol. The second-order valence-electron chi connectivity index (χ2n) is 2.72. The molecule has 0 amide bonds. The van der Waals surface area contributed by atoms with Crippen LogP contribution in [-0.2, 0) is 10.2 Å². The molecule has 0 aliphatic carbocycles. The molecule has 15 heavy (non-hydrogen) atoms. The number of aromatic nitrogens is 2. The molecule has 0 radical (unpaired) electrons. The minimum absolute atomic E-state index is 0.128. The Kier molecular flexibility index (Phi) is 4.25. The highest BCUT2D eigenvalue weighted by Gasteiger charge is 2.08. The molecule has 0 saturated heterocycles. The Morgan fingerprint density at radius 2 is 2.13 bits per heavy atom. The molecule has 0 saturated carbocycles. The zero-order valence-corrected chi connectivity index (χ0v) is 9.64. The molecule has 0 aliphatic rings. The van der Waals surface area contributed by atoms with Crippen LogP contribution in [0, 0.1) is 0 Å². The highest BCUT2D eigenvalue weighted by molar-refractivity contribution is 7.90. The van der Waals surface area contributed by atoms with Gasteiger partial charge in [0.05, 0.1) is 12.4 Å². The molecule has 6 nitrogen and oxygen atoms in total. The average Bonchev–Trinajstić information content (AvgIpc) is 2.18. The summed E-state index contributed by atoms with van der Waals surface area (Å²) in [5.41, 5.74) is 0. The first kappa shape index (κ1) is 12.2. The van der Waals surface area contributed by atoms with Gasteiger partial charge in [-0.2, -0.15) is 13.1 Å². The third-order valence-corrected chi connectivity index (χ3v) is 2.66. The van der Waals surface area contributed by atoms with Crippen LogP contribution in [0.25, 0.3) is 0 Å². The lowest BCUT2D eigenvalue weighted by atomic mass is 10.5. The summed E-state index contributed by atoms with van der Waals surface area (Å²) in [6, 6.07) is 0. The van der Waals surface area contributed by atoms with Crippen molar-refractivity contribution in [2.75, 3.05) is 11.3 Å². The Bertz CT molecular complexity index is 406. The molecule has 8 heteroatoms. The van der Waals surface area contributed by atoms with Crippen LogP contribution in [0.5, 0.6) is 0 Å². The van der Waals surface area contributed by atoms with Gasteiger partial charge >= 0.3 is 0 Å². The molecule has 0 unspecified atom stereocenters. The van der Waals surface area contributed by atoms with Crippen LogP contribution in [0.1, 0.15) is 13.3 Å². The normalized spacial score (nSPS) is 11.3. The van der Waals surface area contributed by atoms with Gasteiger partial charge < -0.3 is 0 Å². The second-order valence-corrected chi connectivity index (χ2v) is 4.61. The van der Waals surface area contributed by atoms with E-state index in [1.807, 2.05) is 6.92 Å². The lowest BCUT2D eigenvalue weighted by Gasteiger charge is -2.06. The highest BCUT2D eigenvalue weighted by Crippen LogP contribution is 2.06. The molecule has 2 N–H and O–H groups in total. The molecule has 0 atom stereocenters. The molecule has 0 aromatic carbocycles. The van der Waals surface area contributed by atoms with Crippen molar-refractivity contribution in [2.45, 2.75) is 13.3 Å². The van der Waals surface area contributed by atoms with Crippen LogP contribution >= 0.6 is 11.6 Å². The molecule has 1 heterocycles. The van der Waals surface area contributed by atoms with Crippen molar-refractivity contribution >= 4 is 27.6 Å². The van der Waals surface area contributed by atoms with Crippen molar-refractivity contribution in [3.8, 4) is 0 Å². The first-order valence-electron chi connectivity index (χ1n) is 4.28. The zero-order chi connectivity index (χ0) is 11.3. The maximum atomic E-state index is 11.3. The van der Waals surface area contributed by atoms with Crippen molar-refractivity contribution in [1.82, 2.24) is 14.7 Å². The number of hydrogen-bond acceptors (Lipinski definition) is 4. The third kappa shape index (κ3) is 4.41. The number of rotatable bonds is 5. The van der Waals surface area contributed by atoms with Gasteiger partial charge in [0, 0.05) is 6.54 Å². The van der Waals surface area contributed by atoms with E-state index in [9.17, 15) is 8.42 Å². The van der Waals surface area contributed by atoms with Crippen LogP contribution in [0.4, 0.5) is 5.82 Å². The summed E-state index contributed by atoms with van der Waals surface area (Å²) in [5, 5.41) is 0.208. The fourth-order valence-electron chi connectivity index (χ4n) is 0.775. The van der Waals surface area contributed by atoms with Crippen LogP contribution < -0.4 is 9.44 Å². The maximum absolute atomic E-state index is 11.3. The first-order valence-corrected chi connectivity index (χ1v) is 6.14. The minimum Gasteiger partial charge on any atom is -0.253 e. The number of nitrogens with one attached hydrogen (secondary N) is 2. The fraction of sp³-hybridized carbons (Fsp3) is 0.429. The lowest BCUT2D eigenvalue weighted by molar-refractivity contribution is 0.586. The number of halogens is 1. The van der Waals surface area contributed by atoms with E-state index in [2.05, 4.69) is 19.4 Å². The third-order valence-electron chi connectivity index (χ3n) is 1.40. The lowest BCUT2D eigenvalue weighted by Crippen LogP contribution is -2.31. The Labute approximate surface area is 93.3 Å². The van der Waals surface area contributed by atoms with Crippen molar-refractivity contribution in [3.63, 3.8) is 0 Å². The first-order chi connectivity index (χ1) is 7.03. The van der Waals surface area contributed by atoms with Gasteiger partial charge in [-0.25, -0.2) is 9.97 Å². The molecule has 0 spiro atoms. The fourth-order valence-corrected chi connectivity index (χ4v) is 1.80. The molecule has 0 aliphatic heterocycles. The molecular formula is C7H11ClN4O2S. The summed E-state index contributed by atoms with van der Waals surface area (Å²) < 4.78 is 27.2. The molecule has 0 fully saturated rings. The van der Waals surface area contributed by atoms with E-state index in [1.54, 1.807) is 0 Å². The predicted octanol–water partition coefficient (Wildman–Crippen LogP) is 0.786. The summed E-state index contributed by atoms with van der Waals surface area (Å²) in [7, 11) is -3.56. The van der Waals surface area contributed by atoms with Gasteiger partial charge in [-0.05, 0) is 6.42 Å². The predicted molar refractivity (Wildman–Crippen MR) is 57.9 cm³/mol. The Morgan fingerprint density at radius 3 is 2.67 bits per heavy atom. The number of anilines is 1. The van der Waals surface area contributed by atoms with E-state index in [-0.39, 0.29) is 11.0 Å². The molecule has 1 rings (SSSR count). The van der Waals surface area contributed by atoms with Gasteiger partial charge in [0.1, 0.15) is 5.15 Å².